The summed E-state index contributed by atoms with van der Waals surface area (Å²) >= 11 is 0. The number of rotatable bonds is 3. The number of likely N-dealkylation sites (tertiary alicyclic amines) is 1. The van der Waals surface area contributed by atoms with Gasteiger partial charge in [0.25, 0.3) is 0 Å². The number of hydrogen-bond acceptors (Lipinski definition) is 5. The van der Waals surface area contributed by atoms with Crippen LogP contribution in [0, 0.1) is 5.92 Å². The molecule has 0 saturated carbocycles. The Morgan fingerprint density at radius 3 is 2.83 bits per heavy atom. The van der Waals surface area contributed by atoms with E-state index in [1.165, 1.54) is 0 Å². The molecule has 0 aliphatic carbocycles. The Balaban J connectivity index is 1.42. The molecule has 3 atom stereocenters. The number of para-hydroxylation sites is 1. The predicted molar refractivity (Wildman–Crippen MR) is 109 cm³/mol. The van der Waals surface area contributed by atoms with Crippen LogP contribution >= 0.6 is 0 Å². The summed E-state index contributed by atoms with van der Waals surface area (Å²) in [5.74, 6) is -0.633. The Morgan fingerprint density at radius 1 is 1.28 bits per heavy atom. The normalized spacial score (nSPS) is 33.5. The van der Waals surface area contributed by atoms with Crippen molar-refractivity contribution in [3.63, 3.8) is 0 Å². The first-order chi connectivity index (χ1) is 13.9. The quantitative estimate of drug-likeness (QED) is 0.704. The zero-order valence-electron chi connectivity index (χ0n) is 17.0. The van der Waals surface area contributed by atoms with Crippen molar-refractivity contribution in [2.45, 2.75) is 49.3 Å². The molecule has 0 radical (unpaired) electrons. The molecule has 1 spiro atoms. The van der Waals surface area contributed by atoms with Gasteiger partial charge in [-0.1, -0.05) is 18.2 Å². The Labute approximate surface area is 171 Å². The van der Waals surface area contributed by atoms with Gasteiger partial charge in [-0.05, 0) is 51.8 Å². The summed E-state index contributed by atoms with van der Waals surface area (Å²) in [6, 6.07) is 8.02. The number of piperidine rings is 1. The standard InChI is InChI=1S/C22H30N4O3/c1-25-11-8-21(29,9-12-25)14-23-19(27)17-13-15-5-4-10-26(15)22(17)16-6-2-3-7-18(16)24-20(22)28/h2-3,6-7,15,17,29H,4-5,8-14H2,1H3,(H,23,27)(H,24,28)/t15-,17-,22+/m1/s1. The van der Waals surface area contributed by atoms with E-state index >= 15 is 0 Å². The first-order valence-corrected chi connectivity index (χ1v) is 10.8. The lowest BCUT2D eigenvalue weighted by Gasteiger charge is -2.38. The van der Waals surface area contributed by atoms with E-state index in [2.05, 4.69) is 20.4 Å². The van der Waals surface area contributed by atoms with Gasteiger partial charge in [-0.3, -0.25) is 14.5 Å². The van der Waals surface area contributed by atoms with Crippen LogP contribution in [0.1, 0.15) is 37.7 Å². The molecule has 156 valence electrons. The fourth-order valence-corrected chi connectivity index (χ4v) is 5.97. The molecule has 3 fully saturated rings. The highest BCUT2D eigenvalue weighted by Crippen LogP contribution is 2.55. The Kier molecular flexibility index (Phi) is 4.46. The van der Waals surface area contributed by atoms with Gasteiger partial charge >= 0.3 is 0 Å². The SMILES string of the molecule is CN1CCC(O)(CNC(=O)[C@H]2C[C@H]3CCCN3[C@]23C(=O)Nc2ccccc23)CC1. The molecule has 7 nitrogen and oxygen atoms in total. The number of carbonyl (C=O) groups excluding carboxylic acids is 2. The Bertz CT molecular complexity index is 835. The second kappa shape index (κ2) is 6.79. The van der Waals surface area contributed by atoms with Crippen LogP contribution < -0.4 is 10.6 Å². The molecule has 1 aromatic rings. The zero-order chi connectivity index (χ0) is 20.2. The van der Waals surface area contributed by atoms with E-state index in [0.717, 1.165) is 43.7 Å². The van der Waals surface area contributed by atoms with Crippen molar-refractivity contribution in [3.05, 3.63) is 29.8 Å². The molecule has 5 rings (SSSR count). The number of aliphatic hydroxyl groups is 1. The first kappa shape index (κ1) is 19.0. The number of nitrogens with zero attached hydrogens (tertiary/aromatic N) is 2. The highest BCUT2D eigenvalue weighted by Gasteiger charge is 2.65. The van der Waals surface area contributed by atoms with E-state index in [-0.39, 0.29) is 24.4 Å². The van der Waals surface area contributed by atoms with Gasteiger partial charge in [-0.2, -0.15) is 0 Å². The molecular formula is C22H30N4O3. The lowest BCUT2D eigenvalue weighted by atomic mass is 9.78. The third-order valence-electron chi connectivity index (χ3n) is 7.60. The maximum atomic E-state index is 13.4. The van der Waals surface area contributed by atoms with E-state index in [9.17, 15) is 14.7 Å². The largest absolute Gasteiger partial charge is 0.388 e. The fourth-order valence-electron chi connectivity index (χ4n) is 5.97. The van der Waals surface area contributed by atoms with Crippen LogP contribution in [0.4, 0.5) is 5.69 Å². The average Bonchev–Trinajstić information content (AvgIpc) is 3.37. The van der Waals surface area contributed by atoms with Gasteiger partial charge in [0.1, 0.15) is 5.54 Å². The molecule has 3 N–H and O–H groups in total. The van der Waals surface area contributed by atoms with E-state index in [1.807, 2.05) is 31.3 Å². The van der Waals surface area contributed by atoms with E-state index in [0.29, 0.717) is 19.3 Å². The van der Waals surface area contributed by atoms with Gasteiger partial charge in [-0.15, -0.1) is 0 Å². The Hall–Kier alpha value is -1.96. The highest BCUT2D eigenvalue weighted by molar-refractivity contribution is 6.09. The topological polar surface area (TPSA) is 84.9 Å². The monoisotopic (exact) mass is 398 g/mol. The molecule has 4 aliphatic heterocycles. The molecule has 0 aromatic heterocycles. The Morgan fingerprint density at radius 2 is 2.03 bits per heavy atom. The number of anilines is 1. The molecule has 4 aliphatic rings. The van der Waals surface area contributed by atoms with Crippen molar-refractivity contribution in [2.24, 2.45) is 5.92 Å². The second-order valence-corrected chi connectivity index (χ2v) is 9.29. The average molecular weight is 399 g/mol. The van der Waals surface area contributed by atoms with Gasteiger partial charge in [0.05, 0.1) is 11.5 Å². The first-order valence-electron chi connectivity index (χ1n) is 10.8. The predicted octanol–water partition coefficient (Wildman–Crippen LogP) is 0.891. The van der Waals surface area contributed by atoms with Crippen molar-refractivity contribution in [1.29, 1.82) is 0 Å². The molecule has 4 heterocycles. The summed E-state index contributed by atoms with van der Waals surface area (Å²) in [5.41, 5.74) is -0.0404. The van der Waals surface area contributed by atoms with Gasteiger partial charge < -0.3 is 20.6 Å². The minimum atomic E-state index is -0.919. The van der Waals surface area contributed by atoms with Crippen LogP contribution in [-0.2, 0) is 15.1 Å². The third kappa shape index (κ3) is 2.82. The zero-order valence-corrected chi connectivity index (χ0v) is 17.0. The van der Waals surface area contributed by atoms with Crippen LogP contribution in [0.15, 0.2) is 24.3 Å². The maximum absolute atomic E-state index is 13.4. The molecule has 7 heteroatoms. The molecule has 0 bridgehead atoms. The van der Waals surface area contributed by atoms with Crippen molar-refractivity contribution < 1.29 is 14.7 Å². The minimum absolute atomic E-state index is 0.0822. The van der Waals surface area contributed by atoms with Crippen molar-refractivity contribution in [2.75, 3.05) is 38.5 Å². The van der Waals surface area contributed by atoms with Crippen molar-refractivity contribution in [1.82, 2.24) is 15.1 Å². The minimum Gasteiger partial charge on any atom is -0.388 e. The molecular weight excluding hydrogens is 368 g/mol. The van der Waals surface area contributed by atoms with Crippen LogP contribution in [0.2, 0.25) is 0 Å². The van der Waals surface area contributed by atoms with Gasteiger partial charge in [0, 0.05) is 36.9 Å². The van der Waals surface area contributed by atoms with Gasteiger partial charge in [0.2, 0.25) is 11.8 Å². The second-order valence-electron chi connectivity index (χ2n) is 9.29. The van der Waals surface area contributed by atoms with Crippen LogP contribution in [0.25, 0.3) is 0 Å². The molecule has 29 heavy (non-hydrogen) atoms. The molecule has 3 saturated heterocycles. The van der Waals surface area contributed by atoms with Gasteiger partial charge in [-0.25, -0.2) is 0 Å². The maximum Gasteiger partial charge on any atom is 0.250 e. The number of carbonyl (C=O) groups is 2. The van der Waals surface area contributed by atoms with E-state index < -0.39 is 17.1 Å². The summed E-state index contributed by atoms with van der Waals surface area (Å²) in [6.07, 6.45) is 4.07. The van der Waals surface area contributed by atoms with Crippen LogP contribution in [0.3, 0.4) is 0 Å². The molecule has 2 amide bonds. The highest BCUT2D eigenvalue weighted by atomic mass is 16.3. The summed E-state index contributed by atoms with van der Waals surface area (Å²) in [6.45, 7) is 2.74. The number of fused-ring (bicyclic) bond motifs is 4. The van der Waals surface area contributed by atoms with E-state index in [1.54, 1.807) is 0 Å². The van der Waals surface area contributed by atoms with Gasteiger partial charge in [0.15, 0.2) is 0 Å². The molecule has 1 aromatic carbocycles. The van der Waals surface area contributed by atoms with Crippen LogP contribution in [-0.4, -0.2) is 71.6 Å². The number of benzene rings is 1. The van der Waals surface area contributed by atoms with Crippen molar-refractivity contribution in [3.8, 4) is 0 Å². The molecule has 0 unspecified atom stereocenters. The number of nitrogens with one attached hydrogen (secondary N) is 2. The van der Waals surface area contributed by atoms with Crippen molar-refractivity contribution >= 4 is 17.5 Å². The lowest BCUT2D eigenvalue weighted by molar-refractivity contribution is -0.138. The third-order valence-corrected chi connectivity index (χ3v) is 7.60. The fraction of sp³-hybridized carbons (Fsp3) is 0.636. The smallest absolute Gasteiger partial charge is 0.250 e. The summed E-state index contributed by atoms with van der Waals surface area (Å²) < 4.78 is 0. The van der Waals surface area contributed by atoms with Crippen LogP contribution in [0.5, 0.6) is 0 Å². The summed E-state index contributed by atoms with van der Waals surface area (Å²) in [7, 11) is 2.05. The number of amides is 2. The van der Waals surface area contributed by atoms with E-state index in [4.69, 9.17) is 0 Å². The summed E-state index contributed by atoms with van der Waals surface area (Å²) in [4.78, 5) is 31.2. The lowest BCUT2D eigenvalue weighted by Crippen LogP contribution is -2.56. The summed E-state index contributed by atoms with van der Waals surface area (Å²) in [5, 5.41) is 16.9. The number of hydrogen-bond donors (Lipinski definition) is 3.